The molecular formula is C34H26FN7O. The number of pyridine rings is 2. The normalized spacial score (nSPS) is 17.0. The van der Waals surface area contributed by atoms with Crippen LogP contribution in [0.2, 0.25) is 0 Å². The number of fused-ring (bicyclic) bond motifs is 2. The monoisotopic (exact) mass is 567 g/mol. The molecule has 2 aliphatic rings. The number of halogens is 1. The molecule has 1 N–H and O–H groups in total. The number of carbonyl (C=O) groups excluding carboxylic acids is 1. The highest BCUT2D eigenvalue weighted by Gasteiger charge is 2.41. The number of benzene rings is 2. The molecule has 0 spiro atoms. The first-order valence-corrected chi connectivity index (χ1v) is 14.2. The quantitative estimate of drug-likeness (QED) is 0.273. The molecule has 1 saturated heterocycles. The number of rotatable bonds is 6. The third-order valence-corrected chi connectivity index (χ3v) is 8.41. The summed E-state index contributed by atoms with van der Waals surface area (Å²) < 4.78 is 17.3. The summed E-state index contributed by atoms with van der Waals surface area (Å²) in [6, 6.07) is 20.6. The van der Waals surface area contributed by atoms with Crippen molar-refractivity contribution in [2.75, 3.05) is 18.0 Å². The van der Waals surface area contributed by atoms with E-state index in [1.165, 1.54) is 12.1 Å². The number of aromatic nitrogens is 5. The van der Waals surface area contributed by atoms with Crippen molar-refractivity contribution in [2.24, 2.45) is 0 Å². The summed E-state index contributed by atoms with van der Waals surface area (Å²) in [6.07, 6.45) is 14.1. The molecule has 9 heteroatoms. The van der Waals surface area contributed by atoms with Gasteiger partial charge in [-0.1, -0.05) is 36.4 Å². The Hall–Kier alpha value is -5.44. The summed E-state index contributed by atoms with van der Waals surface area (Å²) in [5.41, 5.74) is 3.98. The Morgan fingerprint density at radius 3 is 2.63 bits per heavy atom. The smallest absolute Gasteiger partial charge is 0.254 e. The lowest BCUT2D eigenvalue weighted by atomic mass is 9.89. The molecule has 0 saturated carbocycles. The van der Waals surface area contributed by atoms with E-state index in [2.05, 4.69) is 60.5 Å². The van der Waals surface area contributed by atoms with Crippen LogP contribution in [0, 0.1) is 5.82 Å². The molecule has 2 aromatic carbocycles. The zero-order valence-corrected chi connectivity index (χ0v) is 23.1. The Morgan fingerprint density at radius 1 is 0.907 bits per heavy atom. The number of nitrogens with one attached hydrogen (secondary N) is 1. The van der Waals surface area contributed by atoms with Crippen molar-refractivity contribution in [1.82, 2.24) is 29.7 Å². The number of nitrogens with zero attached hydrogens (tertiary/aromatic N) is 6. The minimum absolute atomic E-state index is 0.0179. The maximum atomic E-state index is 15.3. The van der Waals surface area contributed by atoms with Crippen LogP contribution in [0.4, 0.5) is 10.2 Å². The number of carbonyl (C=O) groups is 1. The second-order valence-electron chi connectivity index (χ2n) is 11.1. The van der Waals surface area contributed by atoms with Gasteiger partial charge in [0.05, 0.1) is 28.4 Å². The lowest BCUT2D eigenvalue weighted by molar-refractivity contribution is 0.0936. The highest BCUT2D eigenvalue weighted by Crippen LogP contribution is 2.45. The molecule has 4 aromatic heterocycles. The van der Waals surface area contributed by atoms with Gasteiger partial charge < -0.3 is 10.2 Å². The van der Waals surface area contributed by atoms with Gasteiger partial charge in [-0.15, -0.1) is 0 Å². The second kappa shape index (κ2) is 9.84. The van der Waals surface area contributed by atoms with Crippen LogP contribution in [-0.2, 0) is 5.41 Å². The van der Waals surface area contributed by atoms with Crippen LogP contribution in [0.25, 0.3) is 27.8 Å². The molecular weight excluding hydrogens is 541 g/mol. The summed E-state index contributed by atoms with van der Waals surface area (Å²) in [5.74, 6) is 0.432. The fourth-order valence-electron chi connectivity index (χ4n) is 6.03. The number of hydrogen-bond donors (Lipinski definition) is 1. The van der Waals surface area contributed by atoms with E-state index in [0.717, 1.165) is 46.5 Å². The van der Waals surface area contributed by atoms with Gasteiger partial charge in [0, 0.05) is 54.9 Å². The molecule has 6 aromatic rings. The largest absolute Gasteiger partial charge is 0.354 e. The first kappa shape index (κ1) is 25.3. The van der Waals surface area contributed by atoms with E-state index >= 15 is 4.39 Å². The molecule has 1 aliphatic heterocycles. The van der Waals surface area contributed by atoms with Crippen LogP contribution in [0.5, 0.6) is 0 Å². The summed E-state index contributed by atoms with van der Waals surface area (Å²) in [5, 5.41) is 4.06. The topological polar surface area (TPSA) is 88.3 Å². The van der Waals surface area contributed by atoms with Crippen molar-refractivity contribution in [3.63, 3.8) is 0 Å². The fraction of sp³-hybridized carbons (Fsp3) is 0.147. The molecule has 0 bridgehead atoms. The Bertz CT molecular complexity index is 2050. The minimum atomic E-state index is -0.578. The predicted octanol–water partition coefficient (Wildman–Crippen LogP) is 5.34. The van der Waals surface area contributed by atoms with Crippen molar-refractivity contribution in [3.05, 3.63) is 133 Å². The zero-order valence-electron chi connectivity index (χ0n) is 23.1. The average molecular weight is 568 g/mol. The Morgan fingerprint density at radius 2 is 1.79 bits per heavy atom. The Balaban J connectivity index is 1.04. The lowest BCUT2D eigenvalue weighted by Gasteiger charge is -2.18. The van der Waals surface area contributed by atoms with Gasteiger partial charge in [0.2, 0.25) is 5.78 Å². The third-order valence-electron chi connectivity index (χ3n) is 8.41. The van der Waals surface area contributed by atoms with Crippen LogP contribution >= 0.6 is 0 Å². The third kappa shape index (κ3) is 4.41. The van der Waals surface area contributed by atoms with E-state index in [-0.39, 0.29) is 11.6 Å². The Labute approximate surface area is 246 Å². The van der Waals surface area contributed by atoms with Gasteiger partial charge in [-0.05, 0) is 60.0 Å². The lowest BCUT2D eigenvalue weighted by Crippen LogP contribution is -2.37. The summed E-state index contributed by atoms with van der Waals surface area (Å²) in [6.45, 7) is 1.41. The van der Waals surface area contributed by atoms with Crippen LogP contribution < -0.4 is 10.2 Å². The van der Waals surface area contributed by atoms with E-state index < -0.39 is 17.1 Å². The van der Waals surface area contributed by atoms with Crippen molar-refractivity contribution in [1.29, 1.82) is 0 Å². The molecule has 0 radical (unpaired) electrons. The molecule has 210 valence electrons. The predicted molar refractivity (Wildman–Crippen MR) is 162 cm³/mol. The van der Waals surface area contributed by atoms with Gasteiger partial charge in [0.15, 0.2) is 0 Å². The number of hydrogen-bond acceptors (Lipinski definition) is 6. The van der Waals surface area contributed by atoms with Crippen molar-refractivity contribution >= 4 is 28.4 Å². The highest BCUT2D eigenvalue weighted by molar-refractivity contribution is 5.95. The molecule has 1 amide bonds. The van der Waals surface area contributed by atoms with E-state index in [9.17, 15) is 4.79 Å². The van der Waals surface area contributed by atoms with Gasteiger partial charge >= 0.3 is 0 Å². The molecule has 1 atom stereocenters. The van der Waals surface area contributed by atoms with Gasteiger partial charge in [-0.2, -0.15) is 0 Å². The average Bonchev–Trinajstić information content (AvgIpc) is 3.51. The van der Waals surface area contributed by atoms with Gasteiger partial charge in [-0.3, -0.25) is 14.2 Å². The molecule has 5 heterocycles. The number of allylic oxidation sites excluding steroid dienone is 2. The zero-order chi connectivity index (χ0) is 29.0. The summed E-state index contributed by atoms with van der Waals surface area (Å²) in [4.78, 5) is 33.1. The maximum Gasteiger partial charge on any atom is 0.254 e. The van der Waals surface area contributed by atoms with Gasteiger partial charge in [-0.25, -0.2) is 19.3 Å². The number of anilines is 1. The van der Waals surface area contributed by atoms with E-state index in [1.54, 1.807) is 24.7 Å². The first-order chi connectivity index (χ1) is 21.1. The van der Waals surface area contributed by atoms with Crippen LogP contribution in [0.15, 0.2) is 110 Å². The van der Waals surface area contributed by atoms with E-state index in [0.29, 0.717) is 17.9 Å². The number of amides is 1. The molecule has 8 rings (SSSR count). The minimum Gasteiger partial charge on any atom is -0.354 e. The number of imidazole rings is 1. The maximum absolute atomic E-state index is 15.3. The SMILES string of the molecule is O=C(NC1CCN(c2ccccn2)C1)c1ccc(-c2cnc3ncc(C4(c5ccc6ncccc6c5)C=C4)n3c2)cc1F. The van der Waals surface area contributed by atoms with Crippen LogP contribution in [0.1, 0.15) is 28.0 Å². The Kier molecular flexibility index (Phi) is 5.78. The van der Waals surface area contributed by atoms with Crippen molar-refractivity contribution in [3.8, 4) is 11.1 Å². The van der Waals surface area contributed by atoms with Gasteiger partial charge in [0.1, 0.15) is 11.6 Å². The van der Waals surface area contributed by atoms with E-state index in [4.69, 9.17) is 0 Å². The summed E-state index contributed by atoms with van der Waals surface area (Å²) in [7, 11) is 0. The highest BCUT2D eigenvalue weighted by atomic mass is 19.1. The summed E-state index contributed by atoms with van der Waals surface area (Å²) >= 11 is 0. The molecule has 1 unspecified atom stereocenters. The van der Waals surface area contributed by atoms with Crippen LogP contribution in [0.3, 0.4) is 0 Å². The molecule has 1 aliphatic carbocycles. The molecule has 1 fully saturated rings. The van der Waals surface area contributed by atoms with E-state index in [1.807, 2.05) is 47.1 Å². The second-order valence-corrected chi connectivity index (χ2v) is 11.1. The van der Waals surface area contributed by atoms with Gasteiger partial charge in [0.25, 0.3) is 5.91 Å². The van der Waals surface area contributed by atoms with Crippen molar-refractivity contribution in [2.45, 2.75) is 17.9 Å². The fourth-order valence-corrected chi connectivity index (χ4v) is 6.03. The molecule has 8 nitrogen and oxygen atoms in total. The molecule has 43 heavy (non-hydrogen) atoms. The first-order valence-electron chi connectivity index (χ1n) is 14.2. The standard InChI is InChI=1S/C34H26FN7O/c35-28-17-22(6-8-27(28)32(43)40-26-10-15-41(21-26)31-5-1-2-13-37-31)24-18-38-33-39-19-30(42(33)20-24)34(11-12-34)25-7-9-29-23(16-25)4-3-14-36-29/h1-9,11-14,16-20,26H,10,15,21H2,(H,40,43). The van der Waals surface area contributed by atoms with Crippen molar-refractivity contribution < 1.29 is 9.18 Å². The van der Waals surface area contributed by atoms with Crippen LogP contribution in [-0.4, -0.2) is 49.4 Å².